The Bertz CT molecular complexity index is 672. The maximum absolute atomic E-state index is 12.0. The molecule has 2 heterocycles. The van der Waals surface area contributed by atoms with Gasteiger partial charge in [-0.05, 0) is 24.3 Å². The zero-order valence-electron chi connectivity index (χ0n) is 13.5. The molecule has 24 heavy (non-hydrogen) atoms. The van der Waals surface area contributed by atoms with Gasteiger partial charge in [0.25, 0.3) is 5.91 Å². The van der Waals surface area contributed by atoms with Gasteiger partial charge in [0.05, 0.1) is 10.7 Å². The van der Waals surface area contributed by atoms with Crippen molar-refractivity contribution in [3.63, 3.8) is 0 Å². The number of rotatable bonds is 5. The fourth-order valence-electron chi connectivity index (χ4n) is 2.85. The van der Waals surface area contributed by atoms with Crippen LogP contribution in [0, 0.1) is 0 Å². The van der Waals surface area contributed by atoms with E-state index in [1.807, 2.05) is 18.2 Å². The van der Waals surface area contributed by atoms with E-state index in [0.29, 0.717) is 12.1 Å². The Labute approximate surface area is 147 Å². The van der Waals surface area contributed by atoms with Crippen LogP contribution < -0.4 is 10.2 Å². The summed E-state index contributed by atoms with van der Waals surface area (Å²) in [5, 5.41) is 3.76. The number of amides is 1. The van der Waals surface area contributed by atoms with Crippen LogP contribution in [0.4, 0.5) is 5.69 Å². The van der Waals surface area contributed by atoms with Gasteiger partial charge in [-0.15, -0.1) is 0 Å². The van der Waals surface area contributed by atoms with E-state index in [-0.39, 0.29) is 5.91 Å². The number of nitrogens with one attached hydrogen (secondary N) is 1. The molecule has 0 spiro atoms. The van der Waals surface area contributed by atoms with Crippen LogP contribution in [0.1, 0.15) is 10.4 Å². The lowest BCUT2D eigenvalue weighted by atomic mass is 10.2. The minimum atomic E-state index is -0.0490. The summed E-state index contributed by atoms with van der Waals surface area (Å²) < 4.78 is 0. The van der Waals surface area contributed by atoms with E-state index in [1.54, 1.807) is 24.5 Å². The Morgan fingerprint density at radius 1 is 1.08 bits per heavy atom. The third kappa shape index (κ3) is 4.24. The molecule has 0 radical (unpaired) electrons. The molecule has 1 aliphatic heterocycles. The number of hydrogen-bond acceptors (Lipinski definition) is 4. The van der Waals surface area contributed by atoms with E-state index in [2.05, 4.69) is 26.2 Å². The Morgan fingerprint density at radius 3 is 2.50 bits per heavy atom. The monoisotopic (exact) mass is 344 g/mol. The van der Waals surface area contributed by atoms with E-state index < -0.39 is 0 Å². The van der Waals surface area contributed by atoms with Crippen molar-refractivity contribution in [1.29, 1.82) is 0 Å². The van der Waals surface area contributed by atoms with Crippen LogP contribution in [0.15, 0.2) is 48.8 Å². The summed E-state index contributed by atoms with van der Waals surface area (Å²) in [5.41, 5.74) is 1.75. The number of nitrogens with zero attached hydrogens (tertiary/aromatic N) is 3. The highest BCUT2D eigenvalue weighted by atomic mass is 35.5. The van der Waals surface area contributed by atoms with Crippen molar-refractivity contribution >= 4 is 23.2 Å². The minimum absolute atomic E-state index is 0.0490. The highest BCUT2D eigenvalue weighted by molar-refractivity contribution is 6.33. The van der Waals surface area contributed by atoms with Gasteiger partial charge in [-0.2, -0.15) is 0 Å². The molecule has 1 aromatic carbocycles. The predicted molar refractivity (Wildman–Crippen MR) is 96.7 cm³/mol. The number of carbonyl (C=O) groups is 1. The lowest BCUT2D eigenvalue weighted by molar-refractivity contribution is 0.0947. The molecule has 1 N–H and O–H groups in total. The molecule has 0 atom stereocenters. The summed E-state index contributed by atoms with van der Waals surface area (Å²) in [7, 11) is 0. The van der Waals surface area contributed by atoms with Gasteiger partial charge >= 0.3 is 0 Å². The summed E-state index contributed by atoms with van der Waals surface area (Å²) in [6, 6.07) is 11.4. The van der Waals surface area contributed by atoms with Crippen LogP contribution in [-0.4, -0.2) is 55.1 Å². The molecule has 0 bridgehead atoms. The molecule has 0 saturated carbocycles. The van der Waals surface area contributed by atoms with E-state index in [4.69, 9.17) is 11.6 Å². The van der Waals surface area contributed by atoms with Crippen LogP contribution >= 0.6 is 11.6 Å². The number of pyridine rings is 1. The van der Waals surface area contributed by atoms with Crippen molar-refractivity contribution in [2.45, 2.75) is 0 Å². The largest absolute Gasteiger partial charge is 0.368 e. The number of aromatic nitrogens is 1. The molecule has 0 aliphatic carbocycles. The van der Waals surface area contributed by atoms with Crippen LogP contribution in [0.2, 0.25) is 5.02 Å². The first-order chi connectivity index (χ1) is 11.7. The molecule has 1 aromatic heterocycles. The first kappa shape index (κ1) is 16.7. The van der Waals surface area contributed by atoms with Crippen LogP contribution in [0.3, 0.4) is 0 Å². The normalized spacial score (nSPS) is 15.3. The molecule has 5 nitrogen and oxygen atoms in total. The van der Waals surface area contributed by atoms with E-state index in [1.165, 1.54) is 0 Å². The Kier molecular flexibility index (Phi) is 5.67. The highest BCUT2D eigenvalue weighted by Crippen LogP contribution is 2.25. The number of carbonyl (C=O) groups excluding carboxylic acids is 1. The van der Waals surface area contributed by atoms with E-state index in [9.17, 15) is 4.79 Å². The Morgan fingerprint density at radius 2 is 1.79 bits per heavy atom. The molecule has 6 heteroatoms. The third-order valence-electron chi connectivity index (χ3n) is 4.22. The Hall–Kier alpha value is -2.11. The smallest absolute Gasteiger partial charge is 0.251 e. The minimum Gasteiger partial charge on any atom is -0.368 e. The maximum atomic E-state index is 12.0. The Balaban J connectivity index is 1.41. The highest BCUT2D eigenvalue weighted by Gasteiger charge is 2.18. The topological polar surface area (TPSA) is 48.5 Å². The summed E-state index contributed by atoms with van der Waals surface area (Å²) >= 11 is 6.26. The number of anilines is 1. The van der Waals surface area contributed by atoms with Crippen molar-refractivity contribution in [3.05, 3.63) is 59.4 Å². The summed E-state index contributed by atoms with van der Waals surface area (Å²) in [6.45, 7) is 5.33. The number of para-hydroxylation sites is 1. The number of benzene rings is 1. The first-order valence-corrected chi connectivity index (χ1v) is 8.52. The van der Waals surface area contributed by atoms with Gasteiger partial charge < -0.3 is 10.2 Å². The quantitative estimate of drug-likeness (QED) is 0.904. The second-order valence-corrected chi connectivity index (χ2v) is 6.18. The molecule has 3 rings (SSSR count). The molecule has 1 fully saturated rings. The zero-order chi connectivity index (χ0) is 16.8. The number of hydrogen-bond donors (Lipinski definition) is 1. The van der Waals surface area contributed by atoms with Crippen LogP contribution in [0.5, 0.6) is 0 Å². The lowest BCUT2D eigenvalue weighted by Gasteiger charge is -2.36. The van der Waals surface area contributed by atoms with Gasteiger partial charge in [0.1, 0.15) is 0 Å². The average Bonchev–Trinajstić information content (AvgIpc) is 2.63. The molecule has 0 unspecified atom stereocenters. The first-order valence-electron chi connectivity index (χ1n) is 8.14. The lowest BCUT2D eigenvalue weighted by Crippen LogP contribution is -2.48. The van der Waals surface area contributed by atoms with Crippen molar-refractivity contribution in [2.24, 2.45) is 0 Å². The summed E-state index contributed by atoms with van der Waals surface area (Å²) in [4.78, 5) is 20.6. The fraction of sp³-hybridized carbons (Fsp3) is 0.333. The predicted octanol–water partition coefficient (Wildman–Crippen LogP) is 2.29. The maximum Gasteiger partial charge on any atom is 0.251 e. The van der Waals surface area contributed by atoms with Crippen LogP contribution in [0.25, 0.3) is 0 Å². The van der Waals surface area contributed by atoms with Crippen molar-refractivity contribution in [3.8, 4) is 0 Å². The fourth-order valence-corrected chi connectivity index (χ4v) is 3.11. The van der Waals surface area contributed by atoms with E-state index >= 15 is 0 Å². The zero-order valence-corrected chi connectivity index (χ0v) is 14.2. The van der Waals surface area contributed by atoms with Crippen molar-refractivity contribution < 1.29 is 4.79 Å². The van der Waals surface area contributed by atoms with E-state index in [0.717, 1.165) is 43.4 Å². The average molecular weight is 345 g/mol. The van der Waals surface area contributed by atoms with Crippen molar-refractivity contribution in [1.82, 2.24) is 15.2 Å². The second kappa shape index (κ2) is 8.13. The van der Waals surface area contributed by atoms with Gasteiger partial charge in [0, 0.05) is 57.2 Å². The van der Waals surface area contributed by atoms with Gasteiger partial charge in [-0.25, -0.2) is 0 Å². The molecule has 1 amide bonds. The molecule has 1 saturated heterocycles. The molecular formula is C18H21ClN4O. The number of piperazine rings is 1. The van der Waals surface area contributed by atoms with Crippen LogP contribution in [-0.2, 0) is 0 Å². The summed E-state index contributed by atoms with van der Waals surface area (Å²) in [6.07, 6.45) is 3.26. The summed E-state index contributed by atoms with van der Waals surface area (Å²) in [5.74, 6) is -0.0490. The third-order valence-corrected chi connectivity index (χ3v) is 4.54. The van der Waals surface area contributed by atoms with Gasteiger partial charge in [-0.3, -0.25) is 14.7 Å². The number of halogens is 1. The SMILES string of the molecule is O=C(NCCN1CCN(c2ccccc2Cl)CC1)c1ccncc1. The van der Waals surface area contributed by atoms with Gasteiger partial charge in [-0.1, -0.05) is 23.7 Å². The molecule has 1 aliphatic rings. The molecule has 2 aromatic rings. The van der Waals surface area contributed by atoms with Gasteiger partial charge in [0.2, 0.25) is 0 Å². The second-order valence-electron chi connectivity index (χ2n) is 5.77. The standard InChI is InChI=1S/C18H21ClN4O/c19-16-3-1-2-4-17(16)23-13-11-22(12-14-23)10-9-21-18(24)15-5-7-20-8-6-15/h1-8H,9-14H2,(H,21,24). The van der Waals surface area contributed by atoms with Crippen molar-refractivity contribution in [2.75, 3.05) is 44.2 Å². The van der Waals surface area contributed by atoms with Gasteiger partial charge in [0.15, 0.2) is 0 Å². The molecular weight excluding hydrogens is 324 g/mol. The molecule has 126 valence electrons.